The first kappa shape index (κ1) is 15.8. The van der Waals surface area contributed by atoms with Gasteiger partial charge < -0.3 is 10.5 Å². The quantitative estimate of drug-likeness (QED) is 0.901. The summed E-state index contributed by atoms with van der Waals surface area (Å²) in [6.07, 6.45) is 1.68. The van der Waals surface area contributed by atoms with Gasteiger partial charge in [-0.2, -0.15) is 5.10 Å². The lowest BCUT2D eigenvalue weighted by atomic mass is 10.00. The van der Waals surface area contributed by atoms with Gasteiger partial charge in [0.1, 0.15) is 5.75 Å². The molecule has 120 valence electrons. The Kier molecular flexibility index (Phi) is 4.84. The van der Waals surface area contributed by atoms with Crippen molar-refractivity contribution in [2.45, 2.75) is 18.9 Å². The molecule has 1 unspecified atom stereocenters. The summed E-state index contributed by atoms with van der Waals surface area (Å²) in [5.41, 5.74) is 9.01. The van der Waals surface area contributed by atoms with Crippen LogP contribution in [0.3, 0.4) is 0 Å². The molecule has 0 fully saturated rings. The third kappa shape index (κ3) is 3.49. The maximum atomic E-state index is 6.14. The third-order valence-corrected chi connectivity index (χ3v) is 4.21. The Morgan fingerprint density at radius 3 is 2.70 bits per heavy atom. The zero-order chi connectivity index (χ0) is 16.2. The molecule has 3 rings (SSSR count). The zero-order valence-corrected chi connectivity index (χ0v) is 13.8. The van der Waals surface area contributed by atoms with E-state index in [1.54, 1.807) is 7.11 Å². The summed E-state index contributed by atoms with van der Waals surface area (Å²) in [4.78, 5) is 0. The Hall–Kier alpha value is -2.04. The van der Waals surface area contributed by atoms with E-state index in [4.69, 9.17) is 27.2 Å². The molecule has 0 amide bonds. The molecule has 5 heteroatoms. The van der Waals surface area contributed by atoms with Gasteiger partial charge in [-0.15, -0.1) is 0 Å². The summed E-state index contributed by atoms with van der Waals surface area (Å²) >= 11 is 6.14. The van der Waals surface area contributed by atoms with Gasteiger partial charge in [0.2, 0.25) is 0 Å². The van der Waals surface area contributed by atoms with Crippen LogP contribution in [0.2, 0.25) is 5.02 Å². The lowest BCUT2D eigenvalue weighted by molar-refractivity contribution is 0.414. The van der Waals surface area contributed by atoms with E-state index in [9.17, 15) is 0 Å². The molecule has 0 radical (unpaired) electrons. The van der Waals surface area contributed by atoms with E-state index in [0.717, 1.165) is 30.0 Å². The molecule has 0 bridgehead atoms. The fraction of sp³-hybridized carbons (Fsp3) is 0.278. The van der Waals surface area contributed by atoms with Crippen molar-refractivity contribution >= 4 is 23.0 Å². The van der Waals surface area contributed by atoms with E-state index in [1.165, 1.54) is 5.56 Å². The van der Waals surface area contributed by atoms with Crippen LogP contribution < -0.4 is 15.5 Å². The standard InChI is InChI=1S/C18H20ClN3O/c1-23-17-7-5-13(6-8-17)18-12-15(9-10-20)21-22(18)16-4-2-3-14(19)11-16/h2-8,11,18H,9-10,12,20H2,1H3. The molecule has 2 N–H and O–H groups in total. The number of ether oxygens (including phenoxy) is 1. The minimum atomic E-state index is 0.154. The number of nitrogens with zero attached hydrogens (tertiary/aromatic N) is 2. The van der Waals surface area contributed by atoms with Crippen LogP contribution in [-0.4, -0.2) is 19.4 Å². The second kappa shape index (κ2) is 7.02. The third-order valence-electron chi connectivity index (χ3n) is 3.98. The van der Waals surface area contributed by atoms with Gasteiger partial charge in [-0.25, -0.2) is 0 Å². The highest BCUT2D eigenvalue weighted by Crippen LogP contribution is 2.37. The number of anilines is 1. The smallest absolute Gasteiger partial charge is 0.118 e. The molecule has 2 aromatic carbocycles. The molecule has 1 heterocycles. The van der Waals surface area contributed by atoms with E-state index in [0.29, 0.717) is 11.6 Å². The minimum Gasteiger partial charge on any atom is -0.497 e. The van der Waals surface area contributed by atoms with Crippen molar-refractivity contribution < 1.29 is 4.74 Å². The fourth-order valence-electron chi connectivity index (χ4n) is 2.83. The number of methoxy groups -OCH3 is 1. The maximum Gasteiger partial charge on any atom is 0.118 e. The van der Waals surface area contributed by atoms with Gasteiger partial charge in [0.05, 0.1) is 18.8 Å². The second-order valence-corrected chi connectivity index (χ2v) is 5.96. The van der Waals surface area contributed by atoms with Crippen LogP contribution in [0.1, 0.15) is 24.4 Å². The normalized spacial score (nSPS) is 17.3. The molecule has 0 saturated heterocycles. The first-order valence-corrected chi connectivity index (χ1v) is 8.04. The van der Waals surface area contributed by atoms with Gasteiger partial charge in [0, 0.05) is 17.2 Å². The van der Waals surface area contributed by atoms with Crippen molar-refractivity contribution in [3.8, 4) is 5.75 Å². The van der Waals surface area contributed by atoms with Crippen LogP contribution in [0, 0.1) is 0 Å². The molecule has 0 aliphatic carbocycles. The molecule has 1 aliphatic rings. The average Bonchev–Trinajstić information content (AvgIpc) is 2.99. The van der Waals surface area contributed by atoms with E-state index in [2.05, 4.69) is 12.1 Å². The molecule has 1 atom stereocenters. The Morgan fingerprint density at radius 2 is 2.04 bits per heavy atom. The van der Waals surface area contributed by atoms with Gasteiger partial charge in [0.25, 0.3) is 0 Å². The lowest BCUT2D eigenvalue weighted by Crippen LogP contribution is -2.18. The van der Waals surface area contributed by atoms with Gasteiger partial charge >= 0.3 is 0 Å². The van der Waals surface area contributed by atoms with Crippen molar-refractivity contribution in [2.75, 3.05) is 18.7 Å². The van der Waals surface area contributed by atoms with Crippen LogP contribution in [-0.2, 0) is 0 Å². The van der Waals surface area contributed by atoms with Gasteiger partial charge in [-0.3, -0.25) is 5.01 Å². The summed E-state index contributed by atoms with van der Waals surface area (Å²) < 4.78 is 5.24. The predicted molar refractivity (Wildman–Crippen MR) is 95.4 cm³/mol. The molecule has 2 aromatic rings. The van der Waals surface area contributed by atoms with Crippen LogP contribution in [0.15, 0.2) is 53.6 Å². The van der Waals surface area contributed by atoms with Crippen molar-refractivity contribution in [3.05, 3.63) is 59.1 Å². The van der Waals surface area contributed by atoms with E-state index >= 15 is 0 Å². The molecule has 0 aromatic heterocycles. The molecular formula is C18H20ClN3O. The SMILES string of the molecule is COc1ccc(C2CC(CCN)=NN2c2cccc(Cl)c2)cc1. The van der Waals surface area contributed by atoms with Gasteiger partial charge in [0.15, 0.2) is 0 Å². The van der Waals surface area contributed by atoms with Crippen molar-refractivity contribution in [2.24, 2.45) is 10.8 Å². The van der Waals surface area contributed by atoms with Crippen LogP contribution in [0.5, 0.6) is 5.75 Å². The van der Waals surface area contributed by atoms with Crippen LogP contribution in [0.4, 0.5) is 5.69 Å². The lowest BCUT2D eigenvalue weighted by Gasteiger charge is -2.24. The Bertz CT molecular complexity index is 700. The van der Waals surface area contributed by atoms with Crippen molar-refractivity contribution in [1.82, 2.24) is 0 Å². The number of nitrogens with two attached hydrogens (primary N) is 1. The van der Waals surface area contributed by atoms with E-state index in [-0.39, 0.29) is 6.04 Å². The number of rotatable bonds is 5. The first-order chi connectivity index (χ1) is 11.2. The summed E-state index contributed by atoms with van der Waals surface area (Å²) in [5, 5.41) is 7.52. The highest BCUT2D eigenvalue weighted by atomic mass is 35.5. The van der Waals surface area contributed by atoms with Crippen molar-refractivity contribution in [1.29, 1.82) is 0 Å². The number of hydrazone groups is 1. The Balaban J connectivity index is 1.93. The van der Waals surface area contributed by atoms with E-state index in [1.807, 2.05) is 41.4 Å². The molecule has 4 nitrogen and oxygen atoms in total. The summed E-state index contributed by atoms with van der Waals surface area (Å²) in [5.74, 6) is 0.851. The summed E-state index contributed by atoms with van der Waals surface area (Å²) in [6, 6.07) is 16.1. The van der Waals surface area contributed by atoms with Gasteiger partial charge in [-0.05, 0) is 48.9 Å². The van der Waals surface area contributed by atoms with Crippen LogP contribution in [0.25, 0.3) is 0 Å². The topological polar surface area (TPSA) is 50.9 Å². The minimum absolute atomic E-state index is 0.154. The van der Waals surface area contributed by atoms with Gasteiger partial charge in [-0.1, -0.05) is 29.8 Å². The fourth-order valence-corrected chi connectivity index (χ4v) is 3.02. The molecule has 0 spiro atoms. The maximum absolute atomic E-state index is 6.14. The summed E-state index contributed by atoms with van der Waals surface area (Å²) in [6.45, 7) is 0.609. The molecule has 1 aliphatic heterocycles. The molecular weight excluding hydrogens is 310 g/mol. The number of hydrogen-bond donors (Lipinski definition) is 1. The first-order valence-electron chi connectivity index (χ1n) is 7.66. The second-order valence-electron chi connectivity index (χ2n) is 5.52. The highest BCUT2D eigenvalue weighted by Gasteiger charge is 2.28. The average molecular weight is 330 g/mol. The summed E-state index contributed by atoms with van der Waals surface area (Å²) in [7, 11) is 1.67. The number of benzene rings is 2. The molecule has 0 saturated carbocycles. The Morgan fingerprint density at radius 1 is 1.26 bits per heavy atom. The zero-order valence-electron chi connectivity index (χ0n) is 13.1. The highest BCUT2D eigenvalue weighted by molar-refractivity contribution is 6.30. The monoisotopic (exact) mass is 329 g/mol. The largest absolute Gasteiger partial charge is 0.497 e. The van der Waals surface area contributed by atoms with E-state index < -0.39 is 0 Å². The van der Waals surface area contributed by atoms with Crippen molar-refractivity contribution in [3.63, 3.8) is 0 Å². The number of halogens is 1. The molecule has 23 heavy (non-hydrogen) atoms. The number of hydrogen-bond acceptors (Lipinski definition) is 4. The Labute approximate surface area is 141 Å². The predicted octanol–water partition coefficient (Wildman–Crippen LogP) is 4.00. The van der Waals surface area contributed by atoms with Crippen LogP contribution >= 0.6 is 11.6 Å².